The highest BCUT2D eigenvalue weighted by atomic mass is 16.6. The first-order chi connectivity index (χ1) is 17.2. The minimum absolute atomic E-state index is 0.248. The number of aromatic nitrogens is 2. The van der Waals surface area contributed by atoms with Gasteiger partial charge in [0.1, 0.15) is 5.60 Å². The molecule has 0 bridgehead atoms. The predicted octanol–water partition coefficient (Wildman–Crippen LogP) is 5.04. The maximum absolute atomic E-state index is 13.1. The number of ether oxygens (including phenoxy) is 2. The van der Waals surface area contributed by atoms with Crippen LogP contribution in [0.5, 0.6) is 0 Å². The highest BCUT2D eigenvalue weighted by Gasteiger charge is 2.31. The van der Waals surface area contributed by atoms with Gasteiger partial charge in [0.05, 0.1) is 29.7 Å². The zero-order chi connectivity index (χ0) is 25.9. The summed E-state index contributed by atoms with van der Waals surface area (Å²) in [7, 11) is 1.33. The number of anilines is 1. The van der Waals surface area contributed by atoms with Crippen LogP contribution in [0.1, 0.15) is 66.8 Å². The number of esters is 1. The molecule has 1 aliphatic heterocycles. The van der Waals surface area contributed by atoms with Gasteiger partial charge in [-0.3, -0.25) is 10.1 Å². The number of likely N-dealkylation sites (tertiary alicyclic amines) is 1. The first-order valence-electron chi connectivity index (χ1n) is 12.1. The lowest BCUT2D eigenvalue weighted by molar-refractivity contribution is 0.0237. The fourth-order valence-electron chi connectivity index (χ4n) is 4.45. The number of fused-ring (bicyclic) bond motifs is 1. The summed E-state index contributed by atoms with van der Waals surface area (Å²) in [5.41, 5.74) is 1.32. The van der Waals surface area contributed by atoms with Gasteiger partial charge in [0, 0.05) is 18.7 Å². The van der Waals surface area contributed by atoms with Crippen molar-refractivity contribution in [1.29, 1.82) is 0 Å². The summed E-state index contributed by atoms with van der Waals surface area (Å²) in [6, 6.07) is 13.8. The predicted molar refractivity (Wildman–Crippen MR) is 136 cm³/mol. The molecule has 36 heavy (non-hydrogen) atoms. The Morgan fingerprint density at radius 1 is 1.03 bits per heavy atom. The van der Waals surface area contributed by atoms with Crippen LogP contribution in [0.3, 0.4) is 0 Å². The maximum atomic E-state index is 13.1. The van der Waals surface area contributed by atoms with Crippen molar-refractivity contribution >= 4 is 35.0 Å². The number of methoxy groups -OCH3 is 1. The van der Waals surface area contributed by atoms with Crippen LogP contribution in [0, 0.1) is 0 Å². The van der Waals surface area contributed by atoms with E-state index in [4.69, 9.17) is 9.47 Å². The van der Waals surface area contributed by atoms with E-state index in [9.17, 15) is 14.4 Å². The largest absolute Gasteiger partial charge is 0.465 e. The quantitative estimate of drug-likeness (QED) is 0.512. The molecule has 2 heterocycles. The van der Waals surface area contributed by atoms with Crippen molar-refractivity contribution in [3.05, 3.63) is 59.7 Å². The Kier molecular flexibility index (Phi) is 7.28. The molecule has 9 nitrogen and oxygen atoms in total. The summed E-state index contributed by atoms with van der Waals surface area (Å²) in [6.07, 6.45) is 2.02. The third-order valence-electron chi connectivity index (χ3n) is 6.04. The molecule has 1 saturated heterocycles. The number of rotatable bonds is 4. The fraction of sp³-hybridized carbons (Fsp3) is 0.407. The summed E-state index contributed by atoms with van der Waals surface area (Å²) in [5.74, 6) is -0.504. The van der Waals surface area contributed by atoms with Crippen molar-refractivity contribution in [2.45, 2.75) is 51.7 Å². The van der Waals surface area contributed by atoms with Crippen molar-refractivity contribution in [1.82, 2.24) is 14.5 Å². The minimum Gasteiger partial charge on any atom is -0.465 e. The van der Waals surface area contributed by atoms with E-state index in [2.05, 4.69) is 10.3 Å². The molecule has 0 saturated carbocycles. The van der Waals surface area contributed by atoms with Crippen LogP contribution < -0.4 is 5.32 Å². The number of carbonyl (C=O) groups excluding carboxylic acids is 3. The van der Waals surface area contributed by atoms with Gasteiger partial charge in [-0.2, -0.15) is 0 Å². The van der Waals surface area contributed by atoms with Crippen molar-refractivity contribution in [2.75, 3.05) is 25.5 Å². The molecule has 0 radical (unpaired) electrons. The molecule has 2 amide bonds. The second-order valence-electron chi connectivity index (χ2n) is 9.87. The number of benzene rings is 2. The zero-order valence-corrected chi connectivity index (χ0v) is 21.1. The van der Waals surface area contributed by atoms with E-state index in [1.807, 2.05) is 31.4 Å². The van der Waals surface area contributed by atoms with Crippen LogP contribution in [-0.4, -0.2) is 58.2 Å². The topological polar surface area (TPSA) is 103 Å². The second-order valence-corrected chi connectivity index (χ2v) is 9.87. The van der Waals surface area contributed by atoms with E-state index in [0.717, 1.165) is 19.3 Å². The highest BCUT2D eigenvalue weighted by Crippen LogP contribution is 2.33. The van der Waals surface area contributed by atoms with E-state index in [-0.39, 0.29) is 18.0 Å². The minimum atomic E-state index is -0.618. The van der Waals surface area contributed by atoms with E-state index in [1.54, 1.807) is 47.4 Å². The number of amides is 2. The first-order valence-corrected chi connectivity index (χ1v) is 12.1. The molecule has 9 heteroatoms. The average Bonchev–Trinajstić information content (AvgIpc) is 3.03. The Bertz CT molecular complexity index is 1260. The molecule has 1 atom stereocenters. The van der Waals surface area contributed by atoms with Crippen LogP contribution in [-0.2, 0) is 9.47 Å². The lowest BCUT2D eigenvalue weighted by atomic mass is 10.1. The normalized spacial score (nSPS) is 16.3. The lowest BCUT2D eigenvalue weighted by Gasteiger charge is -2.29. The van der Waals surface area contributed by atoms with Gasteiger partial charge in [-0.05, 0) is 64.3 Å². The molecular formula is C27H32N4O5. The number of hydrogen-bond acceptors (Lipinski definition) is 6. The Hall–Kier alpha value is -3.88. The molecule has 1 N–H and O–H groups in total. The number of para-hydroxylation sites is 1. The molecule has 190 valence electrons. The van der Waals surface area contributed by atoms with E-state index in [1.165, 1.54) is 7.11 Å². The van der Waals surface area contributed by atoms with Gasteiger partial charge in [-0.1, -0.05) is 24.3 Å². The molecule has 2 aromatic carbocycles. The van der Waals surface area contributed by atoms with Crippen molar-refractivity contribution in [2.24, 2.45) is 0 Å². The van der Waals surface area contributed by atoms with Crippen molar-refractivity contribution in [3.63, 3.8) is 0 Å². The number of imidazole rings is 1. The third-order valence-corrected chi connectivity index (χ3v) is 6.04. The second kappa shape index (κ2) is 10.4. The molecule has 0 aliphatic carbocycles. The van der Waals surface area contributed by atoms with Gasteiger partial charge in [-0.25, -0.2) is 14.6 Å². The molecule has 1 fully saturated rings. The average molecular weight is 493 g/mol. The van der Waals surface area contributed by atoms with Crippen LogP contribution in [0.4, 0.5) is 10.7 Å². The maximum Gasteiger partial charge on any atom is 0.410 e. The summed E-state index contributed by atoms with van der Waals surface area (Å²) in [5, 5.41) is 2.93. The molecule has 1 unspecified atom stereocenters. The highest BCUT2D eigenvalue weighted by molar-refractivity contribution is 6.06. The number of nitrogens with zero attached hydrogens (tertiary/aromatic N) is 3. The zero-order valence-electron chi connectivity index (χ0n) is 21.1. The van der Waals surface area contributed by atoms with E-state index < -0.39 is 11.6 Å². The van der Waals surface area contributed by atoms with Crippen LogP contribution in [0.2, 0.25) is 0 Å². The van der Waals surface area contributed by atoms with Gasteiger partial charge in [0.15, 0.2) is 0 Å². The van der Waals surface area contributed by atoms with Gasteiger partial charge in [-0.15, -0.1) is 0 Å². The number of nitrogens with one attached hydrogen (secondary N) is 1. The van der Waals surface area contributed by atoms with E-state index >= 15 is 0 Å². The van der Waals surface area contributed by atoms with Gasteiger partial charge in [0.25, 0.3) is 5.91 Å². The summed E-state index contributed by atoms with van der Waals surface area (Å²) in [6.45, 7) is 6.42. The Balaban J connectivity index is 1.79. The van der Waals surface area contributed by atoms with Crippen molar-refractivity contribution < 1.29 is 23.9 Å². The summed E-state index contributed by atoms with van der Waals surface area (Å²) >= 11 is 0. The van der Waals surface area contributed by atoms with Gasteiger partial charge < -0.3 is 18.9 Å². The van der Waals surface area contributed by atoms with E-state index in [0.29, 0.717) is 41.2 Å². The van der Waals surface area contributed by atoms with Crippen molar-refractivity contribution in [3.8, 4) is 0 Å². The summed E-state index contributed by atoms with van der Waals surface area (Å²) < 4.78 is 12.5. The van der Waals surface area contributed by atoms with Crippen LogP contribution in [0.15, 0.2) is 48.5 Å². The molecular weight excluding hydrogens is 460 g/mol. The smallest absolute Gasteiger partial charge is 0.410 e. The Morgan fingerprint density at radius 3 is 2.47 bits per heavy atom. The van der Waals surface area contributed by atoms with Crippen LogP contribution in [0.25, 0.3) is 11.0 Å². The lowest BCUT2D eigenvalue weighted by Crippen LogP contribution is -2.39. The molecule has 1 aromatic heterocycles. The van der Waals surface area contributed by atoms with Gasteiger partial charge in [0.2, 0.25) is 5.95 Å². The molecule has 3 aromatic rings. The Morgan fingerprint density at radius 2 is 1.78 bits per heavy atom. The number of hydrogen-bond donors (Lipinski definition) is 1. The fourth-order valence-corrected chi connectivity index (χ4v) is 4.45. The molecule has 0 spiro atoms. The standard InChI is InChI=1S/C27H32N4O5/c1-27(2,3)36-26(34)30-16-9-8-13-19(17-30)31-22-20(24(33)35-4)14-10-15-21(22)28-25(31)29-23(32)18-11-6-5-7-12-18/h5-7,10-12,14-15,19H,8-9,13,16-17H2,1-4H3,(H,28,29,32). The molecule has 1 aliphatic rings. The number of carbonyl (C=O) groups is 3. The first kappa shape index (κ1) is 25.2. The third kappa shape index (κ3) is 5.50. The van der Waals surface area contributed by atoms with Gasteiger partial charge >= 0.3 is 12.1 Å². The monoisotopic (exact) mass is 492 g/mol. The molecule has 4 rings (SSSR count). The summed E-state index contributed by atoms with van der Waals surface area (Å²) in [4.78, 5) is 45.1. The SMILES string of the molecule is COC(=O)c1cccc2nc(NC(=O)c3ccccc3)n(C3CCCCN(C(=O)OC(C)(C)C)C3)c12. The van der Waals surface area contributed by atoms with Crippen LogP contribution >= 0.6 is 0 Å². The Labute approximate surface area is 210 Å².